The highest BCUT2D eigenvalue weighted by Gasteiger charge is 2.09. The fourth-order valence-electron chi connectivity index (χ4n) is 1.99. The summed E-state index contributed by atoms with van der Waals surface area (Å²) < 4.78 is 4.96. The summed E-state index contributed by atoms with van der Waals surface area (Å²) in [5, 5.41) is 13.7. The number of amides is 1. The van der Waals surface area contributed by atoms with Crippen LogP contribution in [0.3, 0.4) is 0 Å². The molecule has 126 valence electrons. The predicted molar refractivity (Wildman–Crippen MR) is 91.4 cm³/mol. The maximum Gasteiger partial charge on any atom is 0.276 e. The normalized spacial score (nSPS) is 10.2. The summed E-state index contributed by atoms with van der Waals surface area (Å²) in [6.45, 7) is 2.86. The Balaban J connectivity index is 1.95. The lowest BCUT2D eigenvalue weighted by Crippen LogP contribution is -2.15. The van der Waals surface area contributed by atoms with Gasteiger partial charge in [0.15, 0.2) is 11.5 Å². The monoisotopic (exact) mass is 328 g/mol. The molecule has 0 unspecified atom stereocenters. The number of aromatic nitrogens is 2. The molecule has 0 spiro atoms. The van der Waals surface area contributed by atoms with E-state index in [1.807, 2.05) is 0 Å². The third-order valence-corrected chi connectivity index (χ3v) is 3.26. The Kier molecular flexibility index (Phi) is 6.39. The molecule has 24 heavy (non-hydrogen) atoms. The van der Waals surface area contributed by atoms with Crippen LogP contribution in [-0.2, 0) is 4.74 Å². The molecule has 1 aromatic carbocycles. The van der Waals surface area contributed by atoms with Crippen LogP contribution in [0.1, 0.15) is 34.2 Å². The SMILES string of the molecule is COCCCNc1ccc(C(=O)Nc2cccc(C(C)=O)c2)nn1. The molecule has 0 bridgehead atoms. The summed E-state index contributed by atoms with van der Waals surface area (Å²) in [6.07, 6.45) is 0.854. The van der Waals surface area contributed by atoms with Crippen LogP contribution >= 0.6 is 0 Å². The van der Waals surface area contributed by atoms with Gasteiger partial charge in [0.25, 0.3) is 5.91 Å². The summed E-state index contributed by atoms with van der Waals surface area (Å²) in [5.41, 5.74) is 1.27. The van der Waals surface area contributed by atoms with Crippen molar-refractivity contribution >= 4 is 23.2 Å². The Morgan fingerprint density at radius 1 is 1.17 bits per heavy atom. The van der Waals surface area contributed by atoms with Crippen molar-refractivity contribution in [3.05, 3.63) is 47.7 Å². The van der Waals surface area contributed by atoms with Gasteiger partial charge in [-0.25, -0.2) is 0 Å². The number of benzene rings is 1. The molecule has 0 aliphatic rings. The largest absolute Gasteiger partial charge is 0.385 e. The lowest BCUT2D eigenvalue weighted by atomic mass is 10.1. The van der Waals surface area contributed by atoms with E-state index in [0.717, 1.165) is 6.42 Å². The molecule has 1 heterocycles. The number of nitrogens with one attached hydrogen (secondary N) is 2. The van der Waals surface area contributed by atoms with E-state index >= 15 is 0 Å². The van der Waals surface area contributed by atoms with E-state index in [0.29, 0.717) is 30.2 Å². The number of carbonyl (C=O) groups is 2. The fraction of sp³-hybridized carbons (Fsp3) is 0.294. The van der Waals surface area contributed by atoms with Crippen molar-refractivity contribution in [2.75, 3.05) is 30.9 Å². The van der Waals surface area contributed by atoms with E-state index in [9.17, 15) is 9.59 Å². The van der Waals surface area contributed by atoms with Crippen molar-refractivity contribution in [3.63, 3.8) is 0 Å². The van der Waals surface area contributed by atoms with Crippen molar-refractivity contribution < 1.29 is 14.3 Å². The minimum Gasteiger partial charge on any atom is -0.385 e. The number of anilines is 2. The first-order chi connectivity index (χ1) is 11.6. The molecule has 2 rings (SSSR count). The van der Waals surface area contributed by atoms with Gasteiger partial charge >= 0.3 is 0 Å². The predicted octanol–water partition coefficient (Wildman–Crippen LogP) is 2.38. The number of ketones is 1. The first-order valence-corrected chi connectivity index (χ1v) is 7.59. The molecule has 0 radical (unpaired) electrons. The Hall–Kier alpha value is -2.80. The van der Waals surface area contributed by atoms with Gasteiger partial charge in [0, 0.05) is 31.5 Å². The fourth-order valence-corrected chi connectivity index (χ4v) is 1.99. The van der Waals surface area contributed by atoms with Gasteiger partial charge in [-0.2, -0.15) is 0 Å². The zero-order valence-electron chi connectivity index (χ0n) is 13.7. The first kappa shape index (κ1) is 17.6. The van der Waals surface area contributed by atoms with Crippen LogP contribution in [0, 0.1) is 0 Å². The molecule has 2 aromatic rings. The minimum absolute atomic E-state index is 0.0604. The van der Waals surface area contributed by atoms with E-state index in [4.69, 9.17) is 4.74 Å². The van der Waals surface area contributed by atoms with Gasteiger partial charge in [-0.05, 0) is 37.6 Å². The zero-order valence-corrected chi connectivity index (χ0v) is 13.7. The quantitative estimate of drug-likeness (QED) is 0.571. The van der Waals surface area contributed by atoms with Crippen LogP contribution in [0.25, 0.3) is 0 Å². The Bertz CT molecular complexity index is 701. The second-order valence-corrected chi connectivity index (χ2v) is 5.17. The number of hydrogen-bond acceptors (Lipinski definition) is 6. The van der Waals surface area contributed by atoms with Crippen molar-refractivity contribution in [2.24, 2.45) is 0 Å². The standard InChI is InChI=1S/C17H20N4O3/c1-12(22)13-5-3-6-14(11-13)19-17(23)15-7-8-16(21-20-15)18-9-4-10-24-2/h3,5-8,11H,4,9-10H2,1-2H3,(H,18,21)(H,19,23). The molecule has 0 saturated heterocycles. The van der Waals surface area contributed by atoms with E-state index in [2.05, 4.69) is 20.8 Å². The van der Waals surface area contributed by atoms with Crippen LogP contribution in [0.5, 0.6) is 0 Å². The zero-order chi connectivity index (χ0) is 17.4. The van der Waals surface area contributed by atoms with Crippen molar-refractivity contribution in [1.82, 2.24) is 10.2 Å². The van der Waals surface area contributed by atoms with Crippen LogP contribution in [-0.4, -0.2) is 42.1 Å². The average Bonchev–Trinajstić information content (AvgIpc) is 2.59. The van der Waals surface area contributed by atoms with E-state index in [1.54, 1.807) is 43.5 Å². The van der Waals surface area contributed by atoms with E-state index < -0.39 is 0 Å². The van der Waals surface area contributed by atoms with Crippen LogP contribution < -0.4 is 10.6 Å². The Morgan fingerprint density at radius 3 is 2.67 bits per heavy atom. The molecule has 7 heteroatoms. The molecule has 0 saturated carbocycles. The lowest BCUT2D eigenvalue weighted by Gasteiger charge is -2.07. The molecular formula is C17H20N4O3. The molecule has 0 aliphatic carbocycles. The summed E-state index contributed by atoms with van der Waals surface area (Å²) in [7, 11) is 1.65. The summed E-state index contributed by atoms with van der Waals surface area (Å²) >= 11 is 0. The second-order valence-electron chi connectivity index (χ2n) is 5.17. The van der Waals surface area contributed by atoms with Gasteiger partial charge in [-0.1, -0.05) is 12.1 Å². The minimum atomic E-state index is -0.380. The van der Waals surface area contributed by atoms with Crippen LogP contribution in [0.2, 0.25) is 0 Å². The van der Waals surface area contributed by atoms with Crippen LogP contribution in [0.4, 0.5) is 11.5 Å². The number of hydrogen-bond donors (Lipinski definition) is 2. The van der Waals surface area contributed by atoms with Gasteiger partial charge in [0.1, 0.15) is 5.82 Å². The Labute approximate surface area is 140 Å². The lowest BCUT2D eigenvalue weighted by molar-refractivity contribution is 0.100. The number of methoxy groups -OCH3 is 1. The first-order valence-electron chi connectivity index (χ1n) is 7.59. The summed E-state index contributed by atoms with van der Waals surface area (Å²) in [6, 6.07) is 10.0. The van der Waals surface area contributed by atoms with E-state index in [1.165, 1.54) is 6.92 Å². The third kappa shape index (κ3) is 5.13. The molecule has 0 fully saturated rings. The maximum atomic E-state index is 12.2. The number of nitrogens with zero attached hydrogens (tertiary/aromatic N) is 2. The van der Waals surface area contributed by atoms with E-state index in [-0.39, 0.29) is 17.4 Å². The topological polar surface area (TPSA) is 93.2 Å². The molecule has 7 nitrogen and oxygen atoms in total. The molecule has 0 aliphatic heterocycles. The van der Waals surface area contributed by atoms with Crippen molar-refractivity contribution in [1.29, 1.82) is 0 Å². The summed E-state index contributed by atoms with van der Waals surface area (Å²) in [5.74, 6) is 0.158. The molecule has 0 atom stereocenters. The number of Topliss-reactive ketones (excluding diaryl/α,β-unsaturated/α-hetero) is 1. The molecule has 2 N–H and O–H groups in total. The van der Waals surface area contributed by atoms with Crippen molar-refractivity contribution in [3.8, 4) is 0 Å². The van der Waals surface area contributed by atoms with Gasteiger partial charge in [0.05, 0.1) is 0 Å². The summed E-state index contributed by atoms with van der Waals surface area (Å²) in [4.78, 5) is 23.5. The number of rotatable bonds is 8. The maximum absolute atomic E-state index is 12.2. The van der Waals surface area contributed by atoms with Gasteiger partial charge in [-0.3, -0.25) is 9.59 Å². The van der Waals surface area contributed by atoms with Crippen LogP contribution in [0.15, 0.2) is 36.4 Å². The highest BCUT2D eigenvalue weighted by molar-refractivity contribution is 6.03. The highest BCUT2D eigenvalue weighted by atomic mass is 16.5. The molecule has 1 aromatic heterocycles. The van der Waals surface area contributed by atoms with Gasteiger partial charge in [-0.15, -0.1) is 10.2 Å². The third-order valence-electron chi connectivity index (χ3n) is 3.26. The highest BCUT2D eigenvalue weighted by Crippen LogP contribution is 2.12. The van der Waals surface area contributed by atoms with Gasteiger partial charge < -0.3 is 15.4 Å². The molecular weight excluding hydrogens is 308 g/mol. The smallest absolute Gasteiger partial charge is 0.276 e. The molecule has 1 amide bonds. The number of ether oxygens (including phenoxy) is 1. The van der Waals surface area contributed by atoms with Gasteiger partial charge in [0.2, 0.25) is 0 Å². The number of carbonyl (C=O) groups excluding carboxylic acids is 2. The average molecular weight is 328 g/mol. The van der Waals surface area contributed by atoms with Crippen molar-refractivity contribution in [2.45, 2.75) is 13.3 Å². The second kappa shape index (κ2) is 8.73. The Morgan fingerprint density at radius 2 is 2.00 bits per heavy atom.